The number of aromatic nitrogens is 1. The van der Waals surface area contributed by atoms with Crippen LogP contribution in [0.2, 0.25) is 0 Å². The quantitative estimate of drug-likeness (QED) is 0.893. The summed E-state index contributed by atoms with van der Waals surface area (Å²) in [4.78, 5) is 28.4. The summed E-state index contributed by atoms with van der Waals surface area (Å²) in [6.45, 7) is 0. The number of anilines is 1. The van der Waals surface area contributed by atoms with Crippen LogP contribution in [0.3, 0.4) is 0 Å². The Morgan fingerprint density at radius 2 is 1.72 bits per heavy atom. The molecular weight excluding hydrogens is 328 g/mol. The summed E-state index contributed by atoms with van der Waals surface area (Å²) < 4.78 is 27.3. The molecular formula is C18H17F2N3O2. The van der Waals surface area contributed by atoms with Gasteiger partial charge in [-0.25, -0.2) is 8.78 Å². The van der Waals surface area contributed by atoms with Crippen molar-refractivity contribution in [2.45, 2.75) is 31.7 Å². The second-order valence-electron chi connectivity index (χ2n) is 5.94. The van der Waals surface area contributed by atoms with Crippen molar-refractivity contribution >= 4 is 17.5 Å². The Kier molecular flexibility index (Phi) is 5.02. The molecule has 0 spiro atoms. The van der Waals surface area contributed by atoms with Crippen LogP contribution in [0.4, 0.5) is 14.5 Å². The molecule has 1 fully saturated rings. The number of para-hydroxylation sites is 1. The normalized spacial score (nSPS) is 14.3. The van der Waals surface area contributed by atoms with E-state index in [1.807, 2.05) is 0 Å². The third-order valence-corrected chi connectivity index (χ3v) is 4.15. The van der Waals surface area contributed by atoms with Gasteiger partial charge in [-0.05, 0) is 37.1 Å². The van der Waals surface area contributed by atoms with E-state index in [1.165, 1.54) is 24.4 Å². The summed E-state index contributed by atoms with van der Waals surface area (Å²) in [7, 11) is 0. The molecule has 25 heavy (non-hydrogen) atoms. The van der Waals surface area contributed by atoms with Crippen LogP contribution in [0.15, 0.2) is 36.5 Å². The molecule has 2 aromatic rings. The van der Waals surface area contributed by atoms with Crippen molar-refractivity contribution in [2.24, 2.45) is 0 Å². The summed E-state index contributed by atoms with van der Waals surface area (Å²) in [6, 6.07) is 6.10. The van der Waals surface area contributed by atoms with Crippen molar-refractivity contribution in [3.05, 3.63) is 59.4 Å². The average Bonchev–Trinajstić information content (AvgIpc) is 3.11. The minimum Gasteiger partial charge on any atom is -0.348 e. The minimum atomic E-state index is -0.874. The van der Waals surface area contributed by atoms with Crippen LogP contribution < -0.4 is 10.6 Å². The number of halogens is 2. The number of benzene rings is 1. The van der Waals surface area contributed by atoms with Crippen LogP contribution in [0.25, 0.3) is 0 Å². The fourth-order valence-corrected chi connectivity index (χ4v) is 2.83. The van der Waals surface area contributed by atoms with E-state index in [0.717, 1.165) is 37.8 Å². The molecule has 130 valence electrons. The second-order valence-corrected chi connectivity index (χ2v) is 5.94. The van der Waals surface area contributed by atoms with Gasteiger partial charge < -0.3 is 10.6 Å². The molecule has 1 heterocycles. The highest BCUT2D eigenvalue weighted by molar-refractivity contribution is 6.05. The number of amides is 2. The fourth-order valence-electron chi connectivity index (χ4n) is 2.83. The highest BCUT2D eigenvalue weighted by atomic mass is 19.1. The van der Waals surface area contributed by atoms with Gasteiger partial charge in [-0.1, -0.05) is 18.9 Å². The first-order chi connectivity index (χ1) is 12.0. The van der Waals surface area contributed by atoms with Gasteiger partial charge in [-0.15, -0.1) is 0 Å². The molecule has 0 saturated heterocycles. The number of rotatable bonds is 4. The Bertz CT molecular complexity index is 784. The molecule has 1 aromatic heterocycles. The van der Waals surface area contributed by atoms with Gasteiger partial charge in [-0.3, -0.25) is 14.6 Å². The molecule has 5 nitrogen and oxygen atoms in total. The van der Waals surface area contributed by atoms with E-state index in [0.29, 0.717) is 0 Å². The Balaban J connectivity index is 1.74. The first-order valence-corrected chi connectivity index (χ1v) is 8.07. The van der Waals surface area contributed by atoms with Gasteiger partial charge in [0.15, 0.2) is 0 Å². The topological polar surface area (TPSA) is 71.1 Å². The first-order valence-electron chi connectivity index (χ1n) is 8.07. The molecule has 1 aliphatic carbocycles. The number of hydrogen-bond donors (Lipinski definition) is 2. The number of nitrogens with one attached hydrogen (secondary N) is 2. The molecule has 0 atom stereocenters. The van der Waals surface area contributed by atoms with Crippen molar-refractivity contribution in [3.63, 3.8) is 0 Å². The smallest absolute Gasteiger partial charge is 0.270 e. The van der Waals surface area contributed by atoms with Gasteiger partial charge in [0.2, 0.25) is 0 Å². The molecule has 3 rings (SSSR count). The Labute approximate surface area is 143 Å². The molecule has 1 aromatic carbocycles. The lowest BCUT2D eigenvalue weighted by atomic mass is 10.2. The molecule has 0 bridgehead atoms. The van der Waals surface area contributed by atoms with Crippen molar-refractivity contribution in [3.8, 4) is 0 Å². The molecule has 2 N–H and O–H groups in total. The summed E-state index contributed by atoms with van der Waals surface area (Å²) >= 11 is 0. The lowest BCUT2D eigenvalue weighted by Gasteiger charge is -2.12. The summed E-state index contributed by atoms with van der Waals surface area (Å²) in [6.07, 6.45) is 5.33. The van der Waals surface area contributed by atoms with Gasteiger partial charge >= 0.3 is 0 Å². The van der Waals surface area contributed by atoms with Gasteiger partial charge in [0.05, 0.1) is 0 Å². The maximum atomic E-state index is 13.6. The monoisotopic (exact) mass is 345 g/mol. The van der Waals surface area contributed by atoms with Gasteiger partial charge in [-0.2, -0.15) is 0 Å². The molecule has 0 aliphatic heterocycles. The van der Waals surface area contributed by atoms with Gasteiger partial charge in [0.1, 0.15) is 23.0 Å². The lowest BCUT2D eigenvalue weighted by Crippen LogP contribution is -2.33. The summed E-state index contributed by atoms with van der Waals surface area (Å²) in [5.74, 6) is -2.83. The highest BCUT2D eigenvalue weighted by Gasteiger charge is 2.20. The maximum Gasteiger partial charge on any atom is 0.270 e. The van der Waals surface area contributed by atoms with Crippen LogP contribution in [0.1, 0.15) is 46.5 Å². The zero-order chi connectivity index (χ0) is 17.8. The predicted octanol–water partition coefficient (Wildman–Crippen LogP) is 3.28. The number of carbonyl (C=O) groups is 2. The molecule has 7 heteroatoms. The Morgan fingerprint density at radius 1 is 1.04 bits per heavy atom. The number of carbonyl (C=O) groups excluding carboxylic acids is 2. The standard InChI is InChI=1S/C18H17F2N3O2/c19-13-6-3-7-14(20)16(13)23-17(24)11-8-9-21-15(10-11)18(25)22-12-4-1-2-5-12/h3,6-10,12H,1-2,4-5H2,(H,22,25)(H,23,24). The summed E-state index contributed by atoms with van der Waals surface area (Å²) in [5, 5.41) is 5.06. The van der Waals surface area contributed by atoms with E-state index in [2.05, 4.69) is 15.6 Å². The van der Waals surface area contributed by atoms with Crippen molar-refractivity contribution < 1.29 is 18.4 Å². The molecule has 0 radical (unpaired) electrons. The fraction of sp³-hybridized carbons (Fsp3) is 0.278. The van der Waals surface area contributed by atoms with Crippen molar-refractivity contribution in [2.75, 3.05) is 5.32 Å². The van der Waals surface area contributed by atoms with Crippen LogP contribution in [0.5, 0.6) is 0 Å². The van der Waals surface area contributed by atoms with E-state index < -0.39 is 23.2 Å². The Morgan fingerprint density at radius 3 is 2.40 bits per heavy atom. The van der Waals surface area contributed by atoms with Crippen molar-refractivity contribution in [1.29, 1.82) is 0 Å². The van der Waals surface area contributed by atoms with Crippen LogP contribution in [-0.2, 0) is 0 Å². The van der Waals surface area contributed by atoms with E-state index >= 15 is 0 Å². The second kappa shape index (κ2) is 7.38. The predicted molar refractivity (Wildman–Crippen MR) is 88.3 cm³/mol. The van der Waals surface area contributed by atoms with E-state index in [-0.39, 0.29) is 23.2 Å². The third-order valence-electron chi connectivity index (χ3n) is 4.15. The third kappa shape index (κ3) is 3.99. The Hall–Kier alpha value is -2.83. The van der Waals surface area contributed by atoms with E-state index in [9.17, 15) is 18.4 Å². The molecule has 1 saturated carbocycles. The van der Waals surface area contributed by atoms with Crippen LogP contribution in [0, 0.1) is 11.6 Å². The van der Waals surface area contributed by atoms with Crippen LogP contribution >= 0.6 is 0 Å². The zero-order valence-corrected chi connectivity index (χ0v) is 13.4. The summed E-state index contributed by atoms with van der Waals surface area (Å²) in [5.41, 5.74) is -0.343. The first kappa shape index (κ1) is 17.0. The number of pyridine rings is 1. The molecule has 0 unspecified atom stereocenters. The molecule has 1 aliphatic rings. The maximum absolute atomic E-state index is 13.6. The molecule has 2 amide bonds. The number of hydrogen-bond acceptors (Lipinski definition) is 3. The van der Waals surface area contributed by atoms with E-state index in [1.54, 1.807) is 0 Å². The van der Waals surface area contributed by atoms with Crippen molar-refractivity contribution in [1.82, 2.24) is 10.3 Å². The van der Waals surface area contributed by atoms with Gasteiger partial charge in [0, 0.05) is 17.8 Å². The SMILES string of the molecule is O=C(Nc1c(F)cccc1F)c1ccnc(C(=O)NC2CCCC2)c1. The largest absolute Gasteiger partial charge is 0.348 e. The zero-order valence-electron chi connectivity index (χ0n) is 13.4. The minimum absolute atomic E-state index is 0.0913. The lowest BCUT2D eigenvalue weighted by molar-refractivity contribution is 0.0933. The van der Waals surface area contributed by atoms with E-state index in [4.69, 9.17) is 0 Å². The highest BCUT2D eigenvalue weighted by Crippen LogP contribution is 2.20. The van der Waals surface area contributed by atoms with Crippen LogP contribution in [-0.4, -0.2) is 22.8 Å². The number of nitrogens with zero attached hydrogens (tertiary/aromatic N) is 1. The average molecular weight is 345 g/mol. The van der Waals surface area contributed by atoms with Gasteiger partial charge in [0.25, 0.3) is 11.8 Å².